The average molecular weight is 719 g/mol. The molecule has 17 heteroatoms. The van der Waals surface area contributed by atoms with Crippen molar-refractivity contribution in [3.8, 4) is 34.0 Å². The van der Waals surface area contributed by atoms with Gasteiger partial charge >= 0.3 is 21.7 Å². The Bertz CT molecular complexity index is 1900. The molecule has 1 aromatic carbocycles. The summed E-state index contributed by atoms with van der Waals surface area (Å²) in [5, 5.41) is 5.65. The monoisotopic (exact) mass is 718 g/mol. The second kappa shape index (κ2) is 13.9. The Morgan fingerprint density at radius 1 is 1.10 bits per heavy atom. The van der Waals surface area contributed by atoms with E-state index in [2.05, 4.69) is 14.3 Å². The highest BCUT2D eigenvalue weighted by molar-refractivity contribution is 7.88. The maximum Gasteiger partial charge on any atom is 0.534 e. The molecule has 0 bridgehead atoms. The van der Waals surface area contributed by atoms with Gasteiger partial charge in [0.1, 0.15) is 23.0 Å². The van der Waals surface area contributed by atoms with Crippen molar-refractivity contribution in [2.75, 3.05) is 13.1 Å². The Balaban J connectivity index is 0.00000255. The minimum absolute atomic E-state index is 0.00346. The summed E-state index contributed by atoms with van der Waals surface area (Å²) < 4.78 is 112. The van der Waals surface area contributed by atoms with E-state index in [0.717, 1.165) is 17.4 Å². The summed E-state index contributed by atoms with van der Waals surface area (Å²) in [6.45, 7) is 13.1. The lowest BCUT2D eigenvalue weighted by Gasteiger charge is -2.24. The molecular formula is C31H35F5N4O6S2. The number of pyridine rings is 1. The van der Waals surface area contributed by atoms with Crippen molar-refractivity contribution in [3.05, 3.63) is 47.6 Å². The van der Waals surface area contributed by atoms with Crippen molar-refractivity contribution in [2.45, 2.75) is 78.1 Å². The van der Waals surface area contributed by atoms with E-state index >= 15 is 4.39 Å². The van der Waals surface area contributed by atoms with Gasteiger partial charge in [0, 0.05) is 47.2 Å². The number of thiophene rings is 1. The molecule has 1 atom stereocenters. The summed E-state index contributed by atoms with van der Waals surface area (Å²) in [5.41, 5.74) is -6.77. The molecule has 1 aliphatic heterocycles. The molecule has 5 rings (SSSR count). The molecule has 0 spiro atoms. The number of hydrogen-bond acceptors (Lipinski definition) is 9. The number of amides is 1. The molecule has 0 N–H and O–H groups in total. The van der Waals surface area contributed by atoms with Crippen LogP contribution in [0.25, 0.3) is 32.5 Å². The molecule has 10 nitrogen and oxygen atoms in total. The van der Waals surface area contributed by atoms with Crippen LogP contribution in [0.3, 0.4) is 0 Å². The van der Waals surface area contributed by atoms with Gasteiger partial charge in [-0.1, -0.05) is 13.8 Å². The van der Waals surface area contributed by atoms with Gasteiger partial charge in [-0.3, -0.25) is 4.68 Å². The third kappa shape index (κ3) is 7.83. The quantitative estimate of drug-likeness (QED) is 0.107. The van der Waals surface area contributed by atoms with Gasteiger partial charge in [0.05, 0.1) is 35.0 Å². The number of fused-ring (bicyclic) bond motifs is 1. The van der Waals surface area contributed by atoms with Crippen molar-refractivity contribution in [1.29, 1.82) is 0 Å². The molecule has 4 aromatic rings. The number of alkyl halides is 3. The van der Waals surface area contributed by atoms with Gasteiger partial charge in [0.25, 0.3) is 0 Å². The highest BCUT2D eigenvalue weighted by Crippen LogP contribution is 2.48. The van der Waals surface area contributed by atoms with E-state index in [1.165, 1.54) is 33.4 Å². The van der Waals surface area contributed by atoms with Crippen molar-refractivity contribution >= 4 is 37.6 Å². The van der Waals surface area contributed by atoms with Gasteiger partial charge < -0.3 is 18.6 Å². The Morgan fingerprint density at radius 2 is 1.79 bits per heavy atom. The number of aromatic nitrogens is 3. The summed E-state index contributed by atoms with van der Waals surface area (Å²) in [6, 6.07) is 2.53. The summed E-state index contributed by atoms with van der Waals surface area (Å²) in [6.07, 6.45) is 2.25. The smallest absolute Gasteiger partial charge is 0.490 e. The highest BCUT2D eigenvalue weighted by atomic mass is 32.2. The predicted octanol–water partition coefficient (Wildman–Crippen LogP) is 8.33. The van der Waals surface area contributed by atoms with Crippen LogP contribution in [0.5, 0.6) is 11.6 Å². The largest absolute Gasteiger partial charge is 0.534 e. The van der Waals surface area contributed by atoms with Gasteiger partial charge in [-0.2, -0.15) is 26.7 Å². The molecule has 1 fully saturated rings. The zero-order valence-electron chi connectivity index (χ0n) is 27.2. The maximum absolute atomic E-state index is 15.7. The molecular weight excluding hydrogens is 683 g/mol. The highest BCUT2D eigenvalue weighted by Gasteiger charge is 2.49. The van der Waals surface area contributed by atoms with Crippen molar-refractivity contribution in [3.63, 3.8) is 0 Å². The third-order valence-corrected chi connectivity index (χ3v) is 8.62. The van der Waals surface area contributed by atoms with Crippen LogP contribution >= 0.6 is 11.3 Å². The second-order valence-corrected chi connectivity index (χ2v) is 14.2. The van der Waals surface area contributed by atoms with Crippen LogP contribution in [0.1, 0.15) is 60.9 Å². The Labute approximate surface area is 278 Å². The third-order valence-electron chi connectivity index (χ3n) is 6.74. The summed E-state index contributed by atoms with van der Waals surface area (Å²) in [7, 11) is -6.15. The van der Waals surface area contributed by atoms with E-state index in [-0.39, 0.29) is 50.8 Å². The Kier molecular flexibility index (Phi) is 10.6. The minimum Gasteiger partial charge on any atom is -0.490 e. The van der Waals surface area contributed by atoms with Crippen LogP contribution in [0, 0.1) is 11.6 Å². The standard InChI is InChI=1S/C29H29F5N4O6S2.C2H6/c1-15(2)42-21-11-17(30)10-20(31)22(21)23-24(36-26(19-7-9-45-25(19)23)44-46(40,41)29(32,33)34)16-12-35-38(13-16)18-6-8-37(14-18)27(39)43-28(3,4)5;1-2/h7,9-13,15,18H,6,8,14H2,1-5H3;1-2H3. The lowest BCUT2D eigenvalue weighted by atomic mass is 9.98. The minimum atomic E-state index is -6.15. The number of benzene rings is 1. The zero-order valence-corrected chi connectivity index (χ0v) is 28.8. The summed E-state index contributed by atoms with van der Waals surface area (Å²) in [4.78, 5) is 18.3. The molecule has 0 radical (unpaired) electrons. The number of rotatable bonds is 7. The molecule has 1 amide bonds. The Morgan fingerprint density at radius 3 is 2.42 bits per heavy atom. The lowest BCUT2D eigenvalue weighted by Crippen LogP contribution is -2.35. The first-order valence-electron chi connectivity index (χ1n) is 14.9. The van der Waals surface area contributed by atoms with Crippen molar-refractivity contribution < 1.29 is 48.8 Å². The number of carbonyl (C=O) groups excluding carboxylic acids is 1. The number of hydrogen-bond donors (Lipinski definition) is 0. The van der Waals surface area contributed by atoms with Gasteiger partial charge in [0.2, 0.25) is 5.88 Å². The molecule has 0 aliphatic carbocycles. The molecule has 3 aromatic heterocycles. The molecule has 1 aliphatic rings. The van der Waals surface area contributed by atoms with Crippen LogP contribution < -0.4 is 8.92 Å². The molecule has 4 heterocycles. The van der Waals surface area contributed by atoms with E-state index in [4.69, 9.17) is 9.47 Å². The summed E-state index contributed by atoms with van der Waals surface area (Å²) >= 11 is 0.948. The molecule has 262 valence electrons. The van der Waals surface area contributed by atoms with Crippen LogP contribution in [-0.4, -0.2) is 64.5 Å². The molecule has 0 saturated carbocycles. The fourth-order valence-corrected chi connectivity index (χ4v) is 6.27. The first-order chi connectivity index (χ1) is 22.3. The first-order valence-corrected chi connectivity index (χ1v) is 17.2. The fraction of sp³-hybridized carbons (Fsp3) is 0.452. The number of carbonyl (C=O) groups is 1. The van der Waals surface area contributed by atoms with Crippen molar-refractivity contribution in [2.24, 2.45) is 0 Å². The van der Waals surface area contributed by atoms with Crippen molar-refractivity contribution in [1.82, 2.24) is 19.7 Å². The first kappa shape index (κ1) is 36.8. The van der Waals surface area contributed by atoms with E-state index in [9.17, 15) is 30.8 Å². The molecule has 1 unspecified atom stereocenters. The van der Waals surface area contributed by atoms with Crippen LogP contribution in [0.2, 0.25) is 0 Å². The van der Waals surface area contributed by atoms with Gasteiger partial charge in [-0.15, -0.1) is 11.3 Å². The van der Waals surface area contributed by atoms with E-state index in [0.29, 0.717) is 19.0 Å². The van der Waals surface area contributed by atoms with E-state index in [1.54, 1.807) is 34.6 Å². The predicted molar refractivity (Wildman–Crippen MR) is 170 cm³/mol. The number of nitrogens with zero attached hydrogens (tertiary/aromatic N) is 4. The van der Waals surface area contributed by atoms with Crippen LogP contribution in [0.15, 0.2) is 36.0 Å². The van der Waals surface area contributed by atoms with Crippen LogP contribution in [0.4, 0.5) is 26.7 Å². The van der Waals surface area contributed by atoms with Gasteiger partial charge in [-0.05, 0) is 52.5 Å². The molecule has 1 saturated heterocycles. The average Bonchev–Trinajstić information content (AvgIpc) is 3.73. The van der Waals surface area contributed by atoms with Gasteiger partial charge in [-0.25, -0.2) is 18.6 Å². The SMILES string of the molecule is CC.CC(C)Oc1cc(F)cc(F)c1-c1c(-c2cnn(C3CCN(C(=O)OC(C)(C)C)C3)c2)nc(OS(=O)(=O)C(F)(F)F)c2ccsc12. The maximum atomic E-state index is 15.7. The number of halogens is 5. The topological polar surface area (TPSA) is 113 Å². The lowest BCUT2D eigenvalue weighted by molar-refractivity contribution is -0.0500. The Hall–Kier alpha value is -3.99. The molecule has 48 heavy (non-hydrogen) atoms. The number of likely N-dealkylation sites (tertiary alicyclic amines) is 1. The second-order valence-electron chi connectivity index (χ2n) is 11.8. The summed E-state index contributed by atoms with van der Waals surface area (Å²) in [5.74, 6) is -3.10. The van der Waals surface area contributed by atoms with Crippen LogP contribution in [-0.2, 0) is 14.9 Å². The van der Waals surface area contributed by atoms with E-state index in [1.807, 2.05) is 13.8 Å². The normalized spacial score (nSPS) is 15.4. The zero-order chi connectivity index (χ0) is 35.8. The van der Waals surface area contributed by atoms with E-state index < -0.39 is 50.9 Å². The fourth-order valence-electron chi connectivity index (χ4n) is 4.90. The number of ether oxygens (including phenoxy) is 2. The van der Waals surface area contributed by atoms with Gasteiger partial charge in [0.15, 0.2) is 0 Å².